The zero-order valence-electron chi connectivity index (χ0n) is 16.7. The molecule has 2 aliphatic heterocycles. The van der Waals surface area contributed by atoms with Gasteiger partial charge in [0, 0.05) is 56.7 Å². The summed E-state index contributed by atoms with van der Waals surface area (Å²) in [6, 6.07) is 4.02. The van der Waals surface area contributed by atoms with E-state index in [1.165, 1.54) is 6.26 Å². The Morgan fingerprint density at radius 3 is 2.38 bits per heavy atom. The quantitative estimate of drug-likeness (QED) is 0.670. The van der Waals surface area contributed by atoms with Crippen LogP contribution in [-0.2, 0) is 0 Å². The maximum Gasteiger partial charge on any atom is 0.275 e. The number of nitrogens with zero attached hydrogens (tertiary/aromatic N) is 7. The third kappa shape index (κ3) is 3.16. The first-order valence-electron chi connectivity index (χ1n) is 9.80. The number of anilines is 1. The summed E-state index contributed by atoms with van der Waals surface area (Å²) < 4.78 is 7.03. The van der Waals surface area contributed by atoms with E-state index in [9.17, 15) is 4.79 Å². The topological polar surface area (TPSA) is 93.2 Å². The van der Waals surface area contributed by atoms with Crippen LogP contribution in [-0.4, -0.2) is 61.7 Å². The van der Waals surface area contributed by atoms with Crippen LogP contribution >= 0.6 is 0 Å². The van der Waals surface area contributed by atoms with Crippen molar-refractivity contribution in [2.75, 3.05) is 31.1 Å². The van der Waals surface area contributed by atoms with E-state index in [-0.39, 0.29) is 5.91 Å². The first-order valence-corrected chi connectivity index (χ1v) is 9.80. The summed E-state index contributed by atoms with van der Waals surface area (Å²) in [6.45, 7) is 8.96. The lowest BCUT2D eigenvalue weighted by molar-refractivity contribution is 0.0776. The third-order valence-corrected chi connectivity index (χ3v) is 5.80. The zero-order valence-corrected chi connectivity index (χ0v) is 16.7. The molecule has 0 radical (unpaired) electrons. The van der Waals surface area contributed by atoms with Gasteiger partial charge in [-0.3, -0.25) is 4.79 Å². The first kappa shape index (κ1) is 17.8. The molecule has 5 rings (SSSR count). The van der Waals surface area contributed by atoms with Crippen LogP contribution in [0.5, 0.6) is 0 Å². The Morgan fingerprint density at radius 2 is 1.76 bits per heavy atom. The first-order chi connectivity index (χ1) is 14.0. The highest BCUT2D eigenvalue weighted by molar-refractivity contribution is 5.92. The van der Waals surface area contributed by atoms with Crippen LogP contribution in [0, 0.1) is 32.6 Å². The number of hydrogen-bond donors (Lipinski definition) is 0. The van der Waals surface area contributed by atoms with Crippen molar-refractivity contribution in [3.8, 4) is 5.82 Å². The number of rotatable bonds is 3. The van der Waals surface area contributed by atoms with Gasteiger partial charge in [0.2, 0.25) is 0 Å². The van der Waals surface area contributed by atoms with Crippen molar-refractivity contribution in [3.05, 3.63) is 47.7 Å². The average Bonchev–Trinajstić information content (AvgIpc) is 3.44. The molecule has 150 valence electrons. The van der Waals surface area contributed by atoms with Gasteiger partial charge in [-0.15, -0.1) is 0 Å². The summed E-state index contributed by atoms with van der Waals surface area (Å²) in [5, 5.41) is 4.52. The van der Waals surface area contributed by atoms with Crippen LogP contribution in [0.2, 0.25) is 0 Å². The van der Waals surface area contributed by atoms with E-state index in [1.807, 2.05) is 35.6 Å². The summed E-state index contributed by atoms with van der Waals surface area (Å²) in [5.41, 5.74) is 2.40. The van der Waals surface area contributed by atoms with Crippen molar-refractivity contribution in [2.24, 2.45) is 11.8 Å². The zero-order chi connectivity index (χ0) is 20.1. The van der Waals surface area contributed by atoms with Crippen molar-refractivity contribution >= 4 is 11.7 Å². The van der Waals surface area contributed by atoms with E-state index >= 15 is 0 Å². The van der Waals surface area contributed by atoms with E-state index < -0.39 is 0 Å². The van der Waals surface area contributed by atoms with E-state index in [1.54, 1.807) is 13.3 Å². The largest absolute Gasteiger partial charge is 0.448 e. The van der Waals surface area contributed by atoms with Crippen LogP contribution in [0.1, 0.15) is 27.8 Å². The molecule has 3 aromatic heterocycles. The number of aromatic nitrogens is 5. The van der Waals surface area contributed by atoms with Crippen LogP contribution in [0.25, 0.3) is 5.82 Å². The minimum absolute atomic E-state index is 0.0448. The molecule has 2 atom stereocenters. The van der Waals surface area contributed by atoms with Crippen molar-refractivity contribution in [1.29, 1.82) is 0 Å². The molecule has 9 heteroatoms. The predicted molar refractivity (Wildman–Crippen MR) is 105 cm³/mol. The average molecular weight is 393 g/mol. The molecule has 0 spiro atoms. The number of likely N-dealkylation sites (tertiary alicyclic amines) is 1. The van der Waals surface area contributed by atoms with E-state index in [2.05, 4.69) is 25.0 Å². The minimum Gasteiger partial charge on any atom is -0.448 e. The fourth-order valence-corrected chi connectivity index (χ4v) is 4.46. The smallest absolute Gasteiger partial charge is 0.275 e. The van der Waals surface area contributed by atoms with Gasteiger partial charge in [-0.05, 0) is 19.9 Å². The normalized spacial score (nSPS) is 21.1. The number of carbonyl (C=O) groups is 1. The molecule has 0 N–H and O–H groups in total. The highest BCUT2D eigenvalue weighted by Gasteiger charge is 2.42. The monoisotopic (exact) mass is 393 g/mol. The fourth-order valence-electron chi connectivity index (χ4n) is 4.46. The molecule has 3 aromatic rings. The Labute approximate surface area is 168 Å². The molecular formula is C20H23N7O2. The number of aryl methyl sites for hydroxylation is 3. The van der Waals surface area contributed by atoms with Crippen molar-refractivity contribution in [2.45, 2.75) is 20.8 Å². The minimum atomic E-state index is -0.0448. The van der Waals surface area contributed by atoms with Crippen LogP contribution in [0.3, 0.4) is 0 Å². The van der Waals surface area contributed by atoms with Gasteiger partial charge >= 0.3 is 0 Å². The predicted octanol–water partition coefficient (Wildman–Crippen LogP) is 1.78. The molecule has 0 aliphatic carbocycles. The summed E-state index contributed by atoms with van der Waals surface area (Å²) in [4.78, 5) is 29.9. The summed E-state index contributed by atoms with van der Waals surface area (Å²) >= 11 is 0. The molecule has 0 aromatic carbocycles. The maximum absolute atomic E-state index is 12.6. The Balaban J connectivity index is 1.29. The second-order valence-electron chi connectivity index (χ2n) is 7.96. The highest BCUT2D eigenvalue weighted by atomic mass is 16.3. The highest BCUT2D eigenvalue weighted by Crippen LogP contribution is 2.34. The number of amides is 1. The molecule has 9 nitrogen and oxygen atoms in total. The van der Waals surface area contributed by atoms with Gasteiger partial charge in [0.25, 0.3) is 5.91 Å². The van der Waals surface area contributed by atoms with Gasteiger partial charge in [-0.25, -0.2) is 19.6 Å². The van der Waals surface area contributed by atoms with E-state index in [0.717, 1.165) is 49.2 Å². The fraction of sp³-hybridized carbons (Fsp3) is 0.450. The Hall–Kier alpha value is -3.23. The molecule has 2 saturated heterocycles. The molecule has 0 bridgehead atoms. The molecule has 0 saturated carbocycles. The Bertz CT molecular complexity index is 1060. The lowest BCUT2D eigenvalue weighted by Gasteiger charge is -2.22. The van der Waals surface area contributed by atoms with Crippen LogP contribution in [0.15, 0.2) is 29.1 Å². The summed E-state index contributed by atoms with van der Waals surface area (Å²) in [5.74, 6) is 3.01. The molecule has 2 aliphatic rings. The van der Waals surface area contributed by atoms with Crippen LogP contribution in [0.4, 0.5) is 5.82 Å². The molecular weight excluding hydrogens is 370 g/mol. The van der Waals surface area contributed by atoms with Gasteiger partial charge in [0.05, 0.1) is 5.69 Å². The van der Waals surface area contributed by atoms with Gasteiger partial charge in [-0.1, -0.05) is 0 Å². The lowest BCUT2D eigenvalue weighted by atomic mass is 10.0. The molecule has 5 heterocycles. The van der Waals surface area contributed by atoms with E-state index in [0.29, 0.717) is 23.4 Å². The van der Waals surface area contributed by atoms with Gasteiger partial charge in [-0.2, -0.15) is 5.10 Å². The van der Waals surface area contributed by atoms with Gasteiger partial charge in [0.1, 0.15) is 18.4 Å². The van der Waals surface area contributed by atoms with Crippen molar-refractivity contribution < 1.29 is 9.21 Å². The second-order valence-corrected chi connectivity index (χ2v) is 7.96. The van der Waals surface area contributed by atoms with Crippen molar-refractivity contribution in [3.63, 3.8) is 0 Å². The number of oxazole rings is 1. The number of hydrogen-bond acceptors (Lipinski definition) is 7. The number of carbonyl (C=O) groups excluding carboxylic acids is 1. The Morgan fingerprint density at radius 1 is 1.03 bits per heavy atom. The third-order valence-electron chi connectivity index (χ3n) is 5.80. The Kier molecular flexibility index (Phi) is 4.11. The van der Waals surface area contributed by atoms with Crippen LogP contribution < -0.4 is 4.90 Å². The standard InChI is InChI=1S/C20H23N7O2/c1-12-4-13(2)27(24-12)19-5-18(21-11-22-19)25-6-15-8-26(9-16(15)7-25)20(28)17-10-29-14(3)23-17/h4-5,10-11,15-16H,6-9H2,1-3H3. The van der Waals surface area contributed by atoms with Crippen molar-refractivity contribution in [1.82, 2.24) is 29.6 Å². The van der Waals surface area contributed by atoms with Gasteiger partial charge in [0.15, 0.2) is 17.4 Å². The summed E-state index contributed by atoms with van der Waals surface area (Å²) in [6.07, 6.45) is 3.04. The molecule has 2 unspecified atom stereocenters. The number of fused-ring (bicyclic) bond motifs is 1. The molecule has 1 amide bonds. The van der Waals surface area contributed by atoms with Gasteiger partial charge < -0.3 is 14.2 Å². The second kappa shape index (κ2) is 6.68. The SMILES string of the molecule is Cc1cc(C)n(-c2cc(N3CC4CN(C(=O)c5coc(C)n5)CC4C3)ncn2)n1. The maximum atomic E-state index is 12.6. The summed E-state index contributed by atoms with van der Waals surface area (Å²) in [7, 11) is 0. The molecule has 29 heavy (non-hydrogen) atoms. The lowest BCUT2D eigenvalue weighted by Crippen LogP contribution is -2.33. The molecule has 2 fully saturated rings. The van der Waals surface area contributed by atoms with E-state index in [4.69, 9.17) is 4.42 Å².